The van der Waals surface area contributed by atoms with Crippen LogP contribution in [0.5, 0.6) is 11.5 Å². The molecule has 0 unspecified atom stereocenters. The Kier molecular flexibility index (Phi) is 4.28. The van der Waals surface area contributed by atoms with Gasteiger partial charge in [-0.2, -0.15) is 0 Å². The minimum absolute atomic E-state index is 0.0683. The van der Waals surface area contributed by atoms with Crippen molar-refractivity contribution < 1.29 is 9.47 Å². The van der Waals surface area contributed by atoms with Crippen LogP contribution < -0.4 is 15.2 Å². The van der Waals surface area contributed by atoms with E-state index in [1.165, 1.54) is 0 Å². The summed E-state index contributed by atoms with van der Waals surface area (Å²) in [6, 6.07) is 3.59. The molecule has 1 rings (SSSR count). The van der Waals surface area contributed by atoms with Gasteiger partial charge in [0.25, 0.3) is 0 Å². The molecule has 0 amide bonds. The molecule has 17 heavy (non-hydrogen) atoms. The summed E-state index contributed by atoms with van der Waals surface area (Å²) >= 11 is 6.19. The number of rotatable bonds is 4. The summed E-state index contributed by atoms with van der Waals surface area (Å²) in [6.45, 7) is 7.72. The minimum Gasteiger partial charge on any atom is -0.493 e. The zero-order valence-corrected chi connectivity index (χ0v) is 11.8. The number of hydrogen-bond donors (Lipinski definition) is 1. The van der Waals surface area contributed by atoms with Gasteiger partial charge in [-0.05, 0) is 39.3 Å². The Hall–Kier alpha value is -0.930. The number of hydrogen-bond acceptors (Lipinski definition) is 3. The largest absolute Gasteiger partial charge is 0.493 e. The highest BCUT2D eigenvalue weighted by molar-refractivity contribution is 6.31. The molecule has 2 N–H and O–H groups in total. The third-order valence-corrected chi connectivity index (χ3v) is 2.62. The van der Waals surface area contributed by atoms with Crippen LogP contribution in [0.25, 0.3) is 0 Å². The summed E-state index contributed by atoms with van der Waals surface area (Å²) < 4.78 is 10.9. The molecule has 96 valence electrons. The van der Waals surface area contributed by atoms with Gasteiger partial charge in [-0.1, -0.05) is 11.6 Å². The van der Waals surface area contributed by atoms with Gasteiger partial charge in [0.15, 0.2) is 11.5 Å². The van der Waals surface area contributed by atoms with E-state index >= 15 is 0 Å². The fraction of sp³-hybridized carbons (Fsp3) is 0.538. The molecule has 0 bridgehead atoms. The first-order valence-electron chi connectivity index (χ1n) is 5.59. The molecule has 0 spiro atoms. The smallest absolute Gasteiger partial charge is 0.162 e. The standard InChI is InChI=1S/C13H20ClNO2/c1-8(2)17-12-6-9(13(3,4)15)10(14)7-11(12)16-5/h6-8H,15H2,1-5H3. The molecule has 0 saturated carbocycles. The van der Waals surface area contributed by atoms with Crippen molar-refractivity contribution in [2.24, 2.45) is 5.73 Å². The van der Waals surface area contributed by atoms with Crippen LogP contribution in [-0.2, 0) is 5.54 Å². The molecule has 3 nitrogen and oxygen atoms in total. The molecule has 0 atom stereocenters. The SMILES string of the molecule is COc1cc(Cl)c(C(C)(C)N)cc1OC(C)C. The highest BCUT2D eigenvalue weighted by Gasteiger charge is 2.21. The predicted molar refractivity (Wildman–Crippen MR) is 71.0 cm³/mol. The van der Waals surface area contributed by atoms with Crippen molar-refractivity contribution in [3.8, 4) is 11.5 Å². The molecule has 1 aromatic carbocycles. The summed E-state index contributed by atoms with van der Waals surface area (Å²) in [5, 5.41) is 0.588. The molecule has 0 heterocycles. The van der Waals surface area contributed by atoms with E-state index in [1.807, 2.05) is 33.8 Å². The van der Waals surface area contributed by atoms with Crippen molar-refractivity contribution in [1.29, 1.82) is 0 Å². The normalized spacial score (nSPS) is 11.8. The zero-order valence-electron chi connectivity index (χ0n) is 11.0. The van der Waals surface area contributed by atoms with Crippen LogP contribution in [0, 0.1) is 0 Å². The summed E-state index contributed by atoms with van der Waals surface area (Å²) in [7, 11) is 1.59. The van der Waals surface area contributed by atoms with Gasteiger partial charge < -0.3 is 15.2 Å². The molecule has 0 aliphatic carbocycles. The van der Waals surface area contributed by atoms with E-state index in [4.69, 9.17) is 26.8 Å². The highest BCUT2D eigenvalue weighted by Crippen LogP contribution is 2.37. The first-order valence-corrected chi connectivity index (χ1v) is 5.97. The Morgan fingerprint density at radius 3 is 2.24 bits per heavy atom. The van der Waals surface area contributed by atoms with Crippen LogP contribution in [0.3, 0.4) is 0 Å². The lowest BCUT2D eigenvalue weighted by atomic mass is 9.95. The highest BCUT2D eigenvalue weighted by atomic mass is 35.5. The molecule has 0 fully saturated rings. The van der Waals surface area contributed by atoms with Crippen molar-refractivity contribution in [2.45, 2.75) is 39.3 Å². The van der Waals surface area contributed by atoms with Crippen molar-refractivity contribution in [2.75, 3.05) is 7.11 Å². The van der Waals surface area contributed by atoms with E-state index in [9.17, 15) is 0 Å². The topological polar surface area (TPSA) is 44.5 Å². The van der Waals surface area contributed by atoms with Crippen LogP contribution in [0.2, 0.25) is 5.02 Å². The average molecular weight is 258 g/mol. The molecule has 0 saturated heterocycles. The quantitative estimate of drug-likeness (QED) is 0.900. The Morgan fingerprint density at radius 2 is 1.82 bits per heavy atom. The molecule has 0 aliphatic rings. The monoisotopic (exact) mass is 257 g/mol. The van der Waals surface area contributed by atoms with Gasteiger partial charge in [-0.15, -0.1) is 0 Å². The molecular formula is C13H20ClNO2. The van der Waals surface area contributed by atoms with Crippen molar-refractivity contribution in [1.82, 2.24) is 0 Å². The van der Waals surface area contributed by atoms with Crippen molar-refractivity contribution >= 4 is 11.6 Å². The van der Waals surface area contributed by atoms with Gasteiger partial charge in [0.2, 0.25) is 0 Å². The first-order chi connectivity index (χ1) is 7.75. The number of halogens is 1. The van der Waals surface area contributed by atoms with Gasteiger partial charge >= 0.3 is 0 Å². The maximum absolute atomic E-state index is 6.19. The first kappa shape index (κ1) is 14.1. The van der Waals surface area contributed by atoms with E-state index in [2.05, 4.69) is 0 Å². The van der Waals surface area contributed by atoms with Crippen LogP contribution in [0.15, 0.2) is 12.1 Å². The second-order valence-electron chi connectivity index (χ2n) is 4.87. The minimum atomic E-state index is -0.515. The number of ether oxygens (including phenoxy) is 2. The van der Waals surface area contributed by atoms with Crippen LogP contribution in [0.4, 0.5) is 0 Å². The lowest BCUT2D eigenvalue weighted by Gasteiger charge is -2.23. The Bertz CT molecular complexity index is 397. The lowest BCUT2D eigenvalue weighted by molar-refractivity contribution is 0.229. The van der Waals surface area contributed by atoms with Gasteiger partial charge in [0.1, 0.15) is 0 Å². The molecule has 4 heteroatoms. The van der Waals surface area contributed by atoms with E-state index in [0.29, 0.717) is 16.5 Å². The lowest BCUT2D eigenvalue weighted by Crippen LogP contribution is -2.29. The second-order valence-corrected chi connectivity index (χ2v) is 5.28. The summed E-state index contributed by atoms with van der Waals surface area (Å²) in [5.41, 5.74) is 6.40. The van der Waals surface area contributed by atoms with E-state index in [0.717, 1.165) is 5.56 Å². The maximum atomic E-state index is 6.19. The molecular weight excluding hydrogens is 238 g/mol. The predicted octanol–water partition coefficient (Wildman–Crippen LogP) is 3.33. The zero-order chi connectivity index (χ0) is 13.2. The van der Waals surface area contributed by atoms with Crippen molar-refractivity contribution in [3.63, 3.8) is 0 Å². The van der Waals surface area contributed by atoms with Crippen LogP contribution >= 0.6 is 11.6 Å². The van der Waals surface area contributed by atoms with Gasteiger partial charge in [-0.3, -0.25) is 0 Å². The van der Waals surface area contributed by atoms with E-state index < -0.39 is 5.54 Å². The second kappa shape index (κ2) is 5.15. The van der Waals surface area contributed by atoms with Crippen LogP contribution in [0.1, 0.15) is 33.3 Å². The Balaban J connectivity index is 3.27. The summed E-state index contributed by atoms with van der Waals surface area (Å²) in [5.74, 6) is 1.29. The fourth-order valence-electron chi connectivity index (χ4n) is 1.53. The molecule has 0 aromatic heterocycles. The summed E-state index contributed by atoms with van der Waals surface area (Å²) in [6.07, 6.45) is 0.0683. The molecule has 0 radical (unpaired) electrons. The van der Waals surface area contributed by atoms with E-state index in [-0.39, 0.29) is 6.10 Å². The van der Waals surface area contributed by atoms with Crippen molar-refractivity contribution in [3.05, 3.63) is 22.7 Å². The van der Waals surface area contributed by atoms with Gasteiger partial charge in [0, 0.05) is 16.6 Å². The summed E-state index contributed by atoms with van der Waals surface area (Å²) in [4.78, 5) is 0. The van der Waals surface area contributed by atoms with Gasteiger partial charge in [-0.25, -0.2) is 0 Å². The molecule has 0 aliphatic heterocycles. The Labute approximate surface area is 108 Å². The van der Waals surface area contributed by atoms with Gasteiger partial charge in [0.05, 0.1) is 13.2 Å². The number of methoxy groups -OCH3 is 1. The third kappa shape index (κ3) is 3.51. The average Bonchev–Trinajstić information content (AvgIpc) is 2.17. The van der Waals surface area contributed by atoms with Crippen LogP contribution in [-0.4, -0.2) is 13.2 Å². The number of benzene rings is 1. The van der Waals surface area contributed by atoms with E-state index in [1.54, 1.807) is 13.2 Å². The number of nitrogens with two attached hydrogens (primary N) is 1. The Morgan fingerprint density at radius 1 is 1.24 bits per heavy atom. The fourth-order valence-corrected chi connectivity index (χ4v) is 1.93. The maximum Gasteiger partial charge on any atom is 0.162 e. The third-order valence-electron chi connectivity index (χ3n) is 2.31. The molecule has 1 aromatic rings.